The van der Waals surface area contributed by atoms with Crippen molar-refractivity contribution in [1.82, 2.24) is 34.6 Å². The number of para-hydroxylation sites is 1. The Morgan fingerprint density at radius 1 is 0.889 bits per heavy atom. The van der Waals surface area contributed by atoms with Gasteiger partial charge in [0.25, 0.3) is 0 Å². The molecule has 1 aliphatic heterocycles. The number of rotatable bonds is 6. The van der Waals surface area contributed by atoms with Crippen molar-refractivity contribution >= 4 is 0 Å². The van der Waals surface area contributed by atoms with Crippen molar-refractivity contribution in [1.29, 1.82) is 0 Å². The highest BCUT2D eigenvalue weighted by molar-refractivity contribution is 5.59. The number of hydrogen-bond donors (Lipinski definition) is 1. The number of aromatic amines is 1. The van der Waals surface area contributed by atoms with Gasteiger partial charge in [0.05, 0.1) is 0 Å². The van der Waals surface area contributed by atoms with E-state index in [1.54, 1.807) is 0 Å². The molecule has 0 bridgehead atoms. The van der Waals surface area contributed by atoms with Crippen LogP contribution in [0.3, 0.4) is 0 Å². The van der Waals surface area contributed by atoms with Crippen LogP contribution in [0.1, 0.15) is 35.7 Å². The number of likely N-dealkylation sites (tertiary alicyclic amines) is 1. The fourth-order valence-electron chi connectivity index (χ4n) is 4.88. The number of hydrogen-bond acceptors (Lipinski definition) is 5. The lowest BCUT2D eigenvalue weighted by Gasteiger charge is -2.30. The number of benzene rings is 2. The van der Waals surface area contributed by atoms with Crippen LogP contribution in [0, 0.1) is 6.92 Å². The molecule has 1 fully saturated rings. The van der Waals surface area contributed by atoms with Gasteiger partial charge in [-0.15, -0.1) is 10.2 Å². The third-order valence-corrected chi connectivity index (χ3v) is 6.93. The van der Waals surface area contributed by atoms with Crippen molar-refractivity contribution in [3.8, 4) is 28.6 Å². The molecule has 0 aliphatic carbocycles. The van der Waals surface area contributed by atoms with Gasteiger partial charge in [0.1, 0.15) is 17.3 Å². The minimum atomic E-state index is 0.409. The molecule has 0 amide bonds. The highest BCUT2D eigenvalue weighted by Gasteiger charge is 2.24. The molecule has 0 spiro atoms. The second-order valence-electron chi connectivity index (χ2n) is 9.48. The van der Waals surface area contributed by atoms with Gasteiger partial charge in [0, 0.05) is 42.3 Å². The van der Waals surface area contributed by atoms with Crippen LogP contribution in [-0.2, 0) is 6.54 Å². The Morgan fingerprint density at radius 3 is 2.44 bits per heavy atom. The lowest BCUT2D eigenvalue weighted by atomic mass is 9.96. The molecule has 36 heavy (non-hydrogen) atoms. The molecule has 0 unspecified atom stereocenters. The Balaban J connectivity index is 1.07. The van der Waals surface area contributed by atoms with Crippen molar-refractivity contribution in [2.45, 2.75) is 32.2 Å². The first kappa shape index (κ1) is 22.4. The lowest BCUT2D eigenvalue weighted by Crippen LogP contribution is -2.32. The highest BCUT2D eigenvalue weighted by Crippen LogP contribution is 2.28. The van der Waals surface area contributed by atoms with E-state index in [2.05, 4.69) is 71.0 Å². The quantitative estimate of drug-likeness (QED) is 0.356. The number of H-pyrrole nitrogens is 1. The van der Waals surface area contributed by atoms with E-state index in [0.717, 1.165) is 72.5 Å². The monoisotopic (exact) mass is 475 g/mol. The Bertz CT molecular complexity index is 1410. The van der Waals surface area contributed by atoms with Crippen LogP contribution in [0.25, 0.3) is 28.6 Å². The molecule has 180 valence electrons. The predicted octanol–water partition coefficient (Wildman–Crippen LogP) is 5.41. The average Bonchev–Trinajstić information content (AvgIpc) is 3.61. The fourth-order valence-corrected chi connectivity index (χ4v) is 4.88. The molecule has 6 rings (SSSR count). The first-order chi connectivity index (χ1) is 17.7. The van der Waals surface area contributed by atoms with E-state index in [4.69, 9.17) is 0 Å². The topological polar surface area (TPSA) is 75.5 Å². The van der Waals surface area contributed by atoms with E-state index in [1.165, 1.54) is 5.56 Å². The van der Waals surface area contributed by atoms with Gasteiger partial charge in [-0.25, -0.2) is 4.98 Å². The summed E-state index contributed by atoms with van der Waals surface area (Å²) in [6.07, 6.45) is 7.87. The first-order valence-corrected chi connectivity index (χ1v) is 12.5. The van der Waals surface area contributed by atoms with E-state index >= 15 is 0 Å². The molecule has 3 aromatic heterocycles. The second-order valence-corrected chi connectivity index (χ2v) is 9.48. The molecule has 1 N–H and O–H groups in total. The summed E-state index contributed by atoms with van der Waals surface area (Å²) in [5, 5.41) is 8.78. The van der Waals surface area contributed by atoms with Crippen molar-refractivity contribution in [3.63, 3.8) is 0 Å². The Labute approximate surface area is 210 Å². The van der Waals surface area contributed by atoms with E-state index in [0.29, 0.717) is 5.92 Å². The number of piperidine rings is 1. The molecule has 4 heterocycles. The maximum Gasteiger partial charge on any atom is 0.179 e. The third-order valence-electron chi connectivity index (χ3n) is 6.93. The zero-order valence-corrected chi connectivity index (χ0v) is 20.4. The standard InChI is InChI=1S/C29H29N7/c1-21-7-12-26(31-19-21)28-32-27(33-34-28)23-13-16-35(17-14-23)20-22-8-10-24(11-9-22)29-30-15-18-36(29)25-5-3-2-4-6-25/h2-12,15,18-19,23H,13-14,16-17,20H2,1H3,(H,32,33,34). The minimum Gasteiger partial charge on any atom is -0.323 e. The number of aromatic nitrogens is 6. The molecule has 7 nitrogen and oxygen atoms in total. The zero-order valence-electron chi connectivity index (χ0n) is 20.4. The van der Waals surface area contributed by atoms with Crippen molar-refractivity contribution in [3.05, 3.63) is 102 Å². The zero-order chi connectivity index (χ0) is 24.3. The SMILES string of the molecule is Cc1ccc(-c2nnc(C3CCN(Cc4ccc(-c5nccn5-c5ccccc5)cc4)CC3)[nH]2)nc1. The summed E-state index contributed by atoms with van der Waals surface area (Å²) in [5.74, 6) is 3.10. The maximum absolute atomic E-state index is 4.60. The van der Waals surface area contributed by atoms with Gasteiger partial charge in [-0.1, -0.05) is 48.5 Å². The number of pyridine rings is 1. The average molecular weight is 476 g/mol. The largest absolute Gasteiger partial charge is 0.323 e. The second kappa shape index (κ2) is 9.87. The summed E-state index contributed by atoms with van der Waals surface area (Å²) < 4.78 is 2.13. The smallest absolute Gasteiger partial charge is 0.179 e. The van der Waals surface area contributed by atoms with Crippen LogP contribution >= 0.6 is 0 Å². The van der Waals surface area contributed by atoms with Gasteiger partial charge in [-0.3, -0.25) is 14.5 Å². The van der Waals surface area contributed by atoms with Crippen molar-refractivity contribution in [2.24, 2.45) is 0 Å². The van der Waals surface area contributed by atoms with Crippen LogP contribution in [0.5, 0.6) is 0 Å². The van der Waals surface area contributed by atoms with Gasteiger partial charge < -0.3 is 4.98 Å². The van der Waals surface area contributed by atoms with Gasteiger partial charge in [0.15, 0.2) is 5.82 Å². The lowest BCUT2D eigenvalue weighted by molar-refractivity contribution is 0.202. The molecule has 1 saturated heterocycles. The number of nitrogens with one attached hydrogen (secondary N) is 1. The molecular formula is C29H29N7. The van der Waals surface area contributed by atoms with Crippen molar-refractivity contribution < 1.29 is 0 Å². The molecule has 0 atom stereocenters. The molecule has 7 heteroatoms. The van der Waals surface area contributed by atoms with E-state index in [9.17, 15) is 0 Å². The minimum absolute atomic E-state index is 0.409. The fraction of sp³-hybridized carbons (Fsp3) is 0.241. The number of aryl methyl sites for hydroxylation is 1. The van der Waals surface area contributed by atoms with Crippen LogP contribution in [-0.4, -0.2) is 47.7 Å². The Kier molecular flexibility index (Phi) is 6.13. The highest BCUT2D eigenvalue weighted by atomic mass is 15.2. The first-order valence-electron chi connectivity index (χ1n) is 12.5. The van der Waals surface area contributed by atoms with Crippen LogP contribution in [0.4, 0.5) is 0 Å². The normalized spacial score (nSPS) is 14.8. The summed E-state index contributed by atoms with van der Waals surface area (Å²) in [5.41, 5.74) is 5.54. The summed E-state index contributed by atoms with van der Waals surface area (Å²) in [6, 6.07) is 23.2. The summed E-state index contributed by atoms with van der Waals surface area (Å²) in [7, 11) is 0. The summed E-state index contributed by atoms with van der Waals surface area (Å²) in [4.78, 5) is 15.0. The molecule has 2 aromatic carbocycles. The Hall–Kier alpha value is -4.10. The van der Waals surface area contributed by atoms with E-state index in [1.807, 2.05) is 55.8 Å². The molecule has 0 saturated carbocycles. The van der Waals surface area contributed by atoms with Gasteiger partial charge in [-0.2, -0.15) is 0 Å². The van der Waals surface area contributed by atoms with Crippen molar-refractivity contribution in [2.75, 3.05) is 13.1 Å². The van der Waals surface area contributed by atoms with E-state index in [-0.39, 0.29) is 0 Å². The van der Waals surface area contributed by atoms with Crippen LogP contribution in [0.2, 0.25) is 0 Å². The van der Waals surface area contributed by atoms with Crippen LogP contribution in [0.15, 0.2) is 85.3 Å². The Morgan fingerprint density at radius 2 is 1.69 bits per heavy atom. The summed E-state index contributed by atoms with van der Waals surface area (Å²) >= 11 is 0. The molecular weight excluding hydrogens is 446 g/mol. The number of imidazole rings is 1. The van der Waals surface area contributed by atoms with Gasteiger partial charge >= 0.3 is 0 Å². The molecule has 0 radical (unpaired) electrons. The molecule has 5 aromatic rings. The van der Waals surface area contributed by atoms with Gasteiger partial charge in [0.2, 0.25) is 0 Å². The predicted molar refractivity (Wildman–Crippen MR) is 141 cm³/mol. The molecule has 1 aliphatic rings. The van der Waals surface area contributed by atoms with Crippen LogP contribution < -0.4 is 0 Å². The number of nitrogens with zero attached hydrogens (tertiary/aromatic N) is 6. The third kappa shape index (κ3) is 4.70. The maximum atomic E-state index is 4.60. The summed E-state index contributed by atoms with van der Waals surface area (Å²) in [6.45, 7) is 5.08. The van der Waals surface area contributed by atoms with Gasteiger partial charge in [-0.05, 0) is 62.2 Å². The van der Waals surface area contributed by atoms with E-state index < -0.39 is 0 Å².